The van der Waals surface area contributed by atoms with Crippen LogP contribution in [0.4, 0.5) is 5.69 Å². The first-order valence-corrected chi connectivity index (χ1v) is 12.3. The number of nitriles is 1. The number of nitrogens with zero attached hydrogens (tertiary/aromatic N) is 5. The van der Waals surface area contributed by atoms with E-state index >= 15 is 0 Å². The number of esters is 1. The van der Waals surface area contributed by atoms with E-state index in [4.69, 9.17) is 14.7 Å². The topological polar surface area (TPSA) is 122 Å². The first kappa shape index (κ1) is 23.7. The highest BCUT2D eigenvalue weighted by atomic mass is 16.6. The maximum Gasteiger partial charge on any atom is 0.329 e. The Morgan fingerprint density at radius 2 is 1.76 bits per heavy atom. The summed E-state index contributed by atoms with van der Waals surface area (Å²) in [5.74, 6) is -1.32. The number of fused-ring (bicyclic) bond motifs is 6. The molecule has 0 N–H and O–H groups in total. The van der Waals surface area contributed by atoms with Crippen molar-refractivity contribution in [2.24, 2.45) is 5.41 Å². The lowest BCUT2D eigenvalue weighted by Gasteiger charge is -2.42. The van der Waals surface area contributed by atoms with E-state index in [1.54, 1.807) is 19.1 Å². The summed E-state index contributed by atoms with van der Waals surface area (Å²) >= 11 is 0. The zero-order chi connectivity index (χ0) is 26.7. The van der Waals surface area contributed by atoms with Gasteiger partial charge in [-0.05, 0) is 37.2 Å². The van der Waals surface area contributed by atoms with Gasteiger partial charge in [-0.3, -0.25) is 19.8 Å². The van der Waals surface area contributed by atoms with Crippen molar-refractivity contribution in [1.29, 1.82) is 5.26 Å². The maximum atomic E-state index is 14.1. The van der Waals surface area contributed by atoms with E-state index in [0.717, 1.165) is 11.1 Å². The third-order valence-electron chi connectivity index (χ3n) is 7.89. The van der Waals surface area contributed by atoms with Gasteiger partial charge in [-0.2, -0.15) is 5.26 Å². The van der Waals surface area contributed by atoms with Crippen LogP contribution in [0.2, 0.25) is 0 Å². The molecule has 188 valence electrons. The van der Waals surface area contributed by atoms with Crippen LogP contribution in [0.3, 0.4) is 0 Å². The Hall–Kier alpha value is -4.68. The second kappa shape index (κ2) is 8.43. The predicted molar refractivity (Wildman–Crippen MR) is 139 cm³/mol. The minimum atomic E-state index is -1.76. The zero-order valence-electron chi connectivity index (χ0n) is 20.8. The van der Waals surface area contributed by atoms with E-state index in [1.807, 2.05) is 60.5 Å². The summed E-state index contributed by atoms with van der Waals surface area (Å²) in [5, 5.41) is 22.4. The molecule has 1 aliphatic carbocycles. The highest BCUT2D eigenvalue weighted by molar-refractivity contribution is 5.92. The van der Waals surface area contributed by atoms with Crippen LogP contribution >= 0.6 is 0 Å². The number of para-hydroxylation sites is 2. The van der Waals surface area contributed by atoms with Crippen molar-refractivity contribution in [2.45, 2.75) is 18.4 Å². The number of nitro groups is 1. The highest BCUT2D eigenvalue weighted by Gasteiger charge is 2.74. The number of carbonyl (C=O) groups excluding carboxylic acids is 1. The van der Waals surface area contributed by atoms with Crippen molar-refractivity contribution in [2.75, 3.05) is 20.2 Å². The largest absolute Gasteiger partial charge is 0.465 e. The lowest BCUT2D eigenvalue weighted by molar-refractivity contribution is -0.384. The molecule has 1 aliphatic heterocycles. The van der Waals surface area contributed by atoms with Gasteiger partial charge in [0, 0.05) is 30.2 Å². The molecule has 6 rings (SSSR count). The molecule has 0 unspecified atom stereocenters. The van der Waals surface area contributed by atoms with Gasteiger partial charge in [0.05, 0.1) is 40.0 Å². The molecule has 1 spiro atoms. The smallest absolute Gasteiger partial charge is 0.329 e. The normalized spacial score (nSPS) is 23.7. The molecule has 38 heavy (non-hydrogen) atoms. The van der Waals surface area contributed by atoms with Gasteiger partial charge in [0.15, 0.2) is 5.41 Å². The lowest BCUT2D eigenvalue weighted by Crippen LogP contribution is -2.55. The molecular formula is C29H23N5O4. The molecule has 2 aliphatic rings. The summed E-state index contributed by atoms with van der Waals surface area (Å²) < 4.78 is 5.64. The summed E-state index contributed by atoms with van der Waals surface area (Å²) in [6, 6.07) is 23.6. The number of benzene rings is 3. The molecule has 0 bridgehead atoms. The fraction of sp³-hybridized carbons (Fsp3) is 0.241. The van der Waals surface area contributed by atoms with Crippen LogP contribution in [0.1, 0.15) is 29.7 Å². The molecule has 0 amide bonds. The first-order chi connectivity index (χ1) is 18.4. The number of ether oxygens (including phenoxy) is 1. The average molecular weight is 506 g/mol. The minimum absolute atomic E-state index is 0.0672. The Morgan fingerprint density at radius 3 is 2.42 bits per heavy atom. The van der Waals surface area contributed by atoms with Gasteiger partial charge in [-0.25, -0.2) is 9.97 Å². The van der Waals surface area contributed by atoms with Crippen LogP contribution in [0.15, 0.2) is 72.8 Å². The van der Waals surface area contributed by atoms with Gasteiger partial charge < -0.3 is 4.74 Å². The molecule has 3 aromatic carbocycles. The summed E-state index contributed by atoms with van der Waals surface area (Å²) in [4.78, 5) is 37.0. The Balaban J connectivity index is 1.71. The van der Waals surface area contributed by atoms with Crippen molar-refractivity contribution in [3.05, 3.63) is 99.7 Å². The summed E-state index contributed by atoms with van der Waals surface area (Å²) in [5.41, 5.74) is 1.59. The second-order valence-electron chi connectivity index (χ2n) is 9.59. The number of aromatic nitrogens is 2. The zero-order valence-corrected chi connectivity index (χ0v) is 20.8. The molecule has 0 radical (unpaired) electrons. The third-order valence-corrected chi connectivity index (χ3v) is 7.89. The van der Waals surface area contributed by atoms with E-state index in [1.165, 1.54) is 12.1 Å². The lowest BCUT2D eigenvalue weighted by atomic mass is 9.61. The molecule has 0 saturated carbocycles. The molecule has 2 heterocycles. The number of nitro benzene ring substituents is 1. The van der Waals surface area contributed by atoms with Crippen LogP contribution in [0.5, 0.6) is 0 Å². The molecule has 1 aromatic heterocycles. The number of hydrogen-bond donors (Lipinski definition) is 0. The van der Waals surface area contributed by atoms with Gasteiger partial charge in [0.25, 0.3) is 5.69 Å². The summed E-state index contributed by atoms with van der Waals surface area (Å²) in [6.07, 6.45) is 0. The van der Waals surface area contributed by atoms with E-state index < -0.39 is 27.8 Å². The van der Waals surface area contributed by atoms with Crippen LogP contribution in [-0.2, 0) is 15.1 Å². The van der Waals surface area contributed by atoms with Crippen LogP contribution in [-0.4, -0.2) is 46.0 Å². The monoisotopic (exact) mass is 505 g/mol. The average Bonchev–Trinajstić information content (AvgIpc) is 3.38. The number of non-ortho nitro benzene ring substituents is 1. The van der Waals surface area contributed by atoms with Crippen LogP contribution in [0.25, 0.3) is 22.3 Å². The van der Waals surface area contributed by atoms with Gasteiger partial charge in [0.1, 0.15) is 5.54 Å². The standard InChI is InChI=1S/C29H23N5O4/c1-3-38-27(35)28(17-30)22(18-12-14-19(15-13-18)34(36)37)16-33(2)29(28)21-9-5-4-8-20(21)25-26(29)32-24-11-7-6-10-23(24)31-25/h4-15,22H,3,16H2,1-2H3/t22-,28+,29-/m1/s1. The maximum absolute atomic E-state index is 14.1. The van der Waals surface area contributed by atoms with Gasteiger partial charge in [-0.15, -0.1) is 0 Å². The summed E-state index contributed by atoms with van der Waals surface area (Å²) in [6.45, 7) is 2.11. The molecule has 3 atom stereocenters. The molecule has 9 heteroatoms. The van der Waals surface area contributed by atoms with E-state index in [9.17, 15) is 20.2 Å². The van der Waals surface area contributed by atoms with Crippen LogP contribution in [0, 0.1) is 26.9 Å². The second-order valence-corrected chi connectivity index (χ2v) is 9.59. The van der Waals surface area contributed by atoms with Crippen molar-refractivity contribution in [1.82, 2.24) is 14.9 Å². The molecule has 1 saturated heterocycles. The van der Waals surface area contributed by atoms with Gasteiger partial charge in [0.2, 0.25) is 0 Å². The quantitative estimate of drug-likeness (QED) is 0.225. The van der Waals surface area contributed by atoms with E-state index in [2.05, 4.69) is 6.07 Å². The van der Waals surface area contributed by atoms with Gasteiger partial charge in [-0.1, -0.05) is 48.5 Å². The van der Waals surface area contributed by atoms with Crippen molar-refractivity contribution >= 4 is 22.7 Å². The Labute approximate surface area is 218 Å². The molecule has 9 nitrogen and oxygen atoms in total. The van der Waals surface area contributed by atoms with Crippen LogP contribution < -0.4 is 0 Å². The minimum Gasteiger partial charge on any atom is -0.465 e. The molecule has 4 aromatic rings. The Kier molecular flexibility index (Phi) is 5.26. The van der Waals surface area contributed by atoms with E-state index in [-0.39, 0.29) is 12.3 Å². The Morgan fingerprint density at radius 1 is 1.11 bits per heavy atom. The SMILES string of the molecule is CCOC(=O)[C@]1(C#N)[C@@H](c2ccc([N+](=O)[O-])cc2)CN(C)[C@@]12c1ccccc1-c1nc3ccccc3nc12. The number of rotatable bonds is 4. The fourth-order valence-electron chi connectivity index (χ4n) is 6.38. The predicted octanol–water partition coefficient (Wildman–Crippen LogP) is 4.56. The highest BCUT2D eigenvalue weighted by Crippen LogP contribution is 2.66. The van der Waals surface area contributed by atoms with E-state index in [0.29, 0.717) is 34.5 Å². The number of likely N-dealkylation sites (N-methyl/N-ethyl adjacent to an activating group) is 1. The molecular weight excluding hydrogens is 482 g/mol. The third kappa shape index (κ3) is 2.86. The number of hydrogen-bond acceptors (Lipinski definition) is 8. The Bertz CT molecular complexity index is 1660. The fourth-order valence-corrected chi connectivity index (χ4v) is 6.38. The number of carbonyl (C=O) groups is 1. The van der Waals surface area contributed by atoms with Gasteiger partial charge >= 0.3 is 5.97 Å². The van der Waals surface area contributed by atoms with Crippen molar-refractivity contribution in [3.8, 4) is 17.3 Å². The first-order valence-electron chi connectivity index (χ1n) is 12.3. The molecule has 1 fully saturated rings. The van der Waals surface area contributed by atoms with Crippen molar-refractivity contribution in [3.63, 3.8) is 0 Å². The summed E-state index contributed by atoms with van der Waals surface area (Å²) in [7, 11) is 1.87. The number of likely N-dealkylation sites (tertiary alicyclic amines) is 1. The van der Waals surface area contributed by atoms with Crippen molar-refractivity contribution < 1.29 is 14.5 Å².